The van der Waals surface area contributed by atoms with Crippen LogP contribution in [0.4, 0.5) is 0 Å². The summed E-state index contributed by atoms with van der Waals surface area (Å²) in [5.41, 5.74) is 0. The quantitative estimate of drug-likeness (QED) is 0.610. The molecule has 10 heavy (non-hydrogen) atoms. The summed E-state index contributed by atoms with van der Waals surface area (Å²) in [4.78, 5) is 0. The van der Waals surface area contributed by atoms with Gasteiger partial charge in [0.25, 0.3) is 0 Å². The monoisotopic (exact) mass is 202 g/mol. The molecule has 0 radical (unpaired) electrons. The minimum Gasteiger partial charge on any atom is -0.0857 e. The van der Waals surface area contributed by atoms with E-state index in [1.54, 1.807) is 0 Å². The molecule has 0 N–H and O–H groups in total. The summed E-state index contributed by atoms with van der Waals surface area (Å²) >= 11 is 3.37. The molecule has 0 aliphatic carbocycles. The third kappa shape index (κ3) is 7.96. The van der Waals surface area contributed by atoms with Gasteiger partial charge in [-0.05, 0) is 23.7 Å². The summed E-state index contributed by atoms with van der Waals surface area (Å²) < 4.78 is 1.21. The van der Waals surface area contributed by atoms with Crippen molar-refractivity contribution in [3.63, 3.8) is 0 Å². The van der Waals surface area contributed by atoms with Crippen molar-refractivity contribution in [2.45, 2.75) is 27.2 Å². The van der Waals surface area contributed by atoms with Crippen LogP contribution in [0.1, 0.15) is 27.2 Å². The van der Waals surface area contributed by atoms with Crippen molar-refractivity contribution >= 4 is 15.9 Å². The summed E-state index contributed by atoms with van der Waals surface area (Å²) in [7, 11) is 0. The molecule has 58 valence electrons. The molecule has 0 amide bonds. The molecule has 0 aliphatic rings. The van der Waals surface area contributed by atoms with Crippen LogP contribution in [0.5, 0.6) is 0 Å². The van der Waals surface area contributed by atoms with Gasteiger partial charge in [0.1, 0.15) is 0 Å². The molecule has 0 aromatic carbocycles. The summed E-state index contributed by atoms with van der Waals surface area (Å²) in [6.45, 7) is 6.41. The van der Waals surface area contributed by atoms with Crippen molar-refractivity contribution in [1.29, 1.82) is 0 Å². The zero-order valence-corrected chi connectivity index (χ0v) is 8.48. The molecule has 0 rings (SSSR count). The molecule has 0 saturated carbocycles. The van der Waals surface area contributed by atoms with E-state index in [0.29, 0.717) is 5.92 Å². The van der Waals surface area contributed by atoms with E-state index in [9.17, 15) is 0 Å². The van der Waals surface area contributed by atoms with Crippen molar-refractivity contribution in [2.24, 2.45) is 5.92 Å². The predicted octanol–water partition coefficient (Wildman–Crippen LogP) is 3.89. The SMILES string of the molecule is C/C(Br)=C\C/C=C\C(C)C. The van der Waals surface area contributed by atoms with Gasteiger partial charge in [-0.25, -0.2) is 0 Å². The first kappa shape index (κ1) is 9.96. The van der Waals surface area contributed by atoms with Crippen LogP contribution >= 0.6 is 15.9 Å². The third-order valence-corrected chi connectivity index (χ3v) is 1.38. The largest absolute Gasteiger partial charge is 0.0857 e. The van der Waals surface area contributed by atoms with Crippen molar-refractivity contribution in [1.82, 2.24) is 0 Å². The molecule has 0 nitrogen and oxygen atoms in total. The average molecular weight is 203 g/mol. The molecule has 0 aromatic rings. The van der Waals surface area contributed by atoms with Gasteiger partial charge in [-0.3, -0.25) is 0 Å². The summed E-state index contributed by atoms with van der Waals surface area (Å²) in [6, 6.07) is 0. The molecular weight excluding hydrogens is 188 g/mol. The molecular formula is C9H15Br. The van der Waals surface area contributed by atoms with Crippen LogP contribution < -0.4 is 0 Å². The van der Waals surface area contributed by atoms with Crippen molar-refractivity contribution < 1.29 is 0 Å². The second-order valence-corrected chi connectivity index (χ2v) is 3.95. The number of allylic oxidation sites excluding steroid dienone is 4. The lowest BCUT2D eigenvalue weighted by Crippen LogP contribution is -1.75. The van der Waals surface area contributed by atoms with Gasteiger partial charge in [-0.15, -0.1) is 0 Å². The highest BCUT2D eigenvalue weighted by Gasteiger charge is 1.81. The van der Waals surface area contributed by atoms with E-state index in [-0.39, 0.29) is 0 Å². The molecule has 0 heterocycles. The molecule has 1 heteroatoms. The second-order valence-electron chi connectivity index (χ2n) is 2.70. The zero-order valence-electron chi connectivity index (χ0n) is 6.89. The minimum absolute atomic E-state index is 0.670. The van der Waals surface area contributed by atoms with Gasteiger partial charge in [0.15, 0.2) is 0 Å². The molecule has 0 fully saturated rings. The Labute approximate surface area is 72.1 Å². The van der Waals surface area contributed by atoms with Crippen LogP contribution in [0.3, 0.4) is 0 Å². The van der Waals surface area contributed by atoms with Crippen LogP contribution in [0.15, 0.2) is 22.7 Å². The van der Waals surface area contributed by atoms with E-state index in [2.05, 4.69) is 48.0 Å². The smallest absolute Gasteiger partial charge is 0.0117 e. The highest BCUT2D eigenvalue weighted by molar-refractivity contribution is 9.11. The van der Waals surface area contributed by atoms with Gasteiger partial charge in [0, 0.05) is 0 Å². The fraction of sp³-hybridized carbons (Fsp3) is 0.556. The molecule has 0 spiro atoms. The summed E-state index contributed by atoms with van der Waals surface area (Å²) in [5, 5.41) is 0. The number of hydrogen-bond donors (Lipinski definition) is 0. The predicted molar refractivity (Wildman–Crippen MR) is 51.3 cm³/mol. The van der Waals surface area contributed by atoms with Gasteiger partial charge < -0.3 is 0 Å². The third-order valence-electron chi connectivity index (χ3n) is 1.06. The lowest BCUT2D eigenvalue weighted by molar-refractivity contribution is 0.828. The summed E-state index contributed by atoms with van der Waals surface area (Å²) in [6.07, 6.45) is 7.59. The van der Waals surface area contributed by atoms with Crippen LogP contribution in [-0.2, 0) is 0 Å². The fourth-order valence-corrected chi connectivity index (χ4v) is 0.768. The average Bonchev–Trinajstić information content (AvgIpc) is 1.79. The first-order valence-corrected chi connectivity index (χ1v) is 4.41. The van der Waals surface area contributed by atoms with Crippen LogP contribution in [0.2, 0.25) is 0 Å². The van der Waals surface area contributed by atoms with Crippen molar-refractivity contribution in [3.05, 3.63) is 22.7 Å². The van der Waals surface area contributed by atoms with Gasteiger partial charge in [-0.2, -0.15) is 0 Å². The summed E-state index contributed by atoms with van der Waals surface area (Å²) in [5.74, 6) is 0.670. The number of hydrogen-bond acceptors (Lipinski definition) is 0. The van der Waals surface area contributed by atoms with E-state index >= 15 is 0 Å². The lowest BCUT2D eigenvalue weighted by atomic mass is 10.2. The Morgan fingerprint density at radius 2 is 2.10 bits per heavy atom. The molecule has 0 atom stereocenters. The molecule has 0 saturated heterocycles. The zero-order chi connectivity index (χ0) is 7.98. The van der Waals surface area contributed by atoms with E-state index in [4.69, 9.17) is 0 Å². The Balaban J connectivity index is 3.45. The standard InChI is InChI=1S/C9H15Br/c1-8(2)6-4-5-7-9(3)10/h4,6-8H,5H2,1-3H3/b6-4-,9-7+. The maximum absolute atomic E-state index is 3.37. The Morgan fingerprint density at radius 1 is 1.50 bits per heavy atom. The van der Waals surface area contributed by atoms with E-state index < -0.39 is 0 Å². The Bertz CT molecular complexity index is 128. The lowest BCUT2D eigenvalue weighted by Gasteiger charge is -1.91. The highest BCUT2D eigenvalue weighted by atomic mass is 79.9. The second kappa shape index (κ2) is 5.72. The van der Waals surface area contributed by atoms with E-state index in [1.165, 1.54) is 4.48 Å². The van der Waals surface area contributed by atoms with Gasteiger partial charge >= 0.3 is 0 Å². The molecule has 0 bridgehead atoms. The van der Waals surface area contributed by atoms with Crippen LogP contribution in [0, 0.1) is 5.92 Å². The highest BCUT2D eigenvalue weighted by Crippen LogP contribution is 2.04. The molecule has 0 unspecified atom stereocenters. The Hall–Kier alpha value is -0.0400. The maximum Gasteiger partial charge on any atom is -0.0117 e. The fourth-order valence-electron chi connectivity index (χ4n) is 0.581. The Kier molecular flexibility index (Phi) is 5.70. The van der Waals surface area contributed by atoms with Gasteiger partial charge in [-0.1, -0.05) is 48.0 Å². The normalized spacial score (nSPS) is 13.5. The first-order chi connectivity index (χ1) is 4.63. The van der Waals surface area contributed by atoms with E-state index in [1.807, 2.05) is 6.92 Å². The number of rotatable bonds is 3. The van der Waals surface area contributed by atoms with Gasteiger partial charge in [0.05, 0.1) is 0 Å². The minimum atomic E-state index is 0.670. The Morgan fingerprint density at radius 3 is 2.50 bits per heavy atom. The molecule has 0 aromatic heterocycles. The molecule has 0 aliphatic heterocycles. The van der Waals surface area contributed by atoms with Crippen molar-refractivity contribution in [3.8, 4) is 0 Å². The van der Waals surface area contributed by atoms with Crippen molar-refractivity contribution in [2.75, 3.05) is 0 Å². The van der Waals surface area contributed by atoms with Crippen LogP contribution in [0.25, 0.3) is 0 Å². The van der Waals surface area contributed by atoms with E-state index in [0.717, 1.165) is 6.42 Å². The van der Waals surface area contributed by atoms with Gasteiger partial charge in [0.2, 0.25) is 0 Å². The number of halogens is 1. The maximum atomic E-state index is 3.37. The first-order valence-electron chi connectivity index (χ1n) is 3.62. The van der Waals surface area contributed by atoms with Crippen LogP contribution in [-0.4, -0.2) is 0 Å². The topological polar surface area (TPSA) is 0 Å².